The van der Waals surface area contributed by atoms with E-state index in [0.717, 1.165) is 23.2 Å². The molecule has 2 rings (SSSR count). The largest absolute Gasteiger partial charge is 0.212 e. The molecular weight excluding hydrogens is 242 g/mol. The summed E-state index contributed by atoms with van der Waals surface area (Å²) in [6, 6.07) is 14.6. The highest BCUT2D eigenvalue weighted by Crippen LogP contribution is 2.20. The van der Waals surface area contributed by atoms with Crippen LogP contribution >= 0.6 is 0 Å². The predicted molar refractivity (Wildman–Crippen MR) is 86.2 cm³/mol. The second-order valence-corrected chi connectivity index (χ2v) is 4.94. The molecule has 0 saturated heterocycles. The van der Waals surface area contributed by atoms with Crippen molar-refractivity contribution in [2.75, 3.05) is 0 Å². The maximum absolute atomic E-state index is 4.28. The van der Waals surface area contributed by atoms with E-state index in [2.05, 4.69) is 73.3 Å². The van der Waals surface area contributed by atoms with E-state index in [4.69, 9.17) is 0 Å². The highest BCUT2D eigenvalue weighted by atomic mass is 15.0. The van der Waals surface area contributed by atoms with Crippen LogP contribution in [0.2, 0.25) is 0 Å². The van der Waals surface area contributed by atoms with Crippen LogP contribution in [0.25, 0.3) is 11.6 Å². The van der Waals surface area contributed by atoms with Crippen molar-refractivity contribution in [3.05, 3.63) is 78.6 Å². The van der Waals surface area contributed by atoms with Crippen LogP contribution < -0.4 is 4.57 Å². The summed E-state index contributed by atoms with van der Waals surface area (Å²) >= 11 is 0. The van der Waals surface area contributed by atoms with Gasteiger partial charge in [0.15, 0.2) is 6.20 Å². The lowest BCUT2D eigenvalue weighted by atomic mass is 10.0. The lowest BCUT2D eigenvalue weighted by Crippen LogP contribution is -2.37. The topological polar surface area (TPSA) is 3.88 Å². The maximum atomic E-state index is 4.28. The highest BCUT2D eigenvalue weighted by Gasteiger charge is 2.14. The summed E-state index contributed by atoms with van der Waals surface area (Å²) in [6.07, 6.45) is 6.38. The molecule has 1 aromatic carbocycles. The Labute approximate surface area is 121 Å². The van der Waals surface area contributed by atoms with E-state index in [1.165, 1.54) is 18.5 Å². The van der Waals surface area contributed by atoms with Gasteiger partial charge in [-0.2, -0.15) is 4.57 Å². The van der Waals surface area contributed by atoms with Crippen molar-refractivity contribution in [2.24, 2.45) is 0 Å². The van der Waals surface area contributed by atoms with Gasteiger partial charge in [0.25, 0.3) is 0 Å². The molecule has 0 aliphatic carbocycles. The Bertz CT molecular complexity index is 611. The molecule has 1 heteroatoms. The van der Waals surface area contributed by atoms with Crippen LogP contribution in [0, 0.1) is 0 Å². The summed E-state index contributed by atoms with van der Waals surface area (Å²) < 4.78 is 2.28. The lowest BCUT2D eigenvalue weighted by Gasteiger charge is -2.07. The van der Waals surface area contributed by atoms with Crippen molar-refractivity contribution < 1.29 is 4.57 Å². The minimum absolute atomic E-state index is 1.03. The van der Waals surface area contributed by atoms with Gasteiger partial charge in [-0.3, -0.25) is 0 Å². The summed E-state index contributed by atoms with van der Waals surface area (Å²) in [6.45, 7) is 11.4. The van der Waals surface area contributed by atoms with Gasteiger partial charge in [0, 0.05) is 24.1 Å². The Morgan fingerprint density at radius 3 is 2.80 bits per heavy atom. The van der Waals surface area contributed by atoms with Crippen LogP contribution in [0.5, 0.6) is 0 Å². The quantitative estimate of drug-likeness (QED) is 0.677. The van der Waals surface area contributed by atoms with Gasteiger partial charge in [-0.15, -0.1) is 0 Å². The molecule has 1 heterocycles. The number of pyridine rings is 1. The standard InChI is InChI=1S/C19H22N/c1-4-6-13-20-14-8-7-12-19(20)16(3)18-11-9-10-17(5-2)15-18/h5,7-12,14-15H,2-4,6,13H2,1H3/q+1. The first kappa shape index (κ1) is 14.3. The van der Waals surface area contributed by atoms with Gasteiger partial charge in [0.1, 0.15) is 6.54 Å². The summed E-state index contributed by atoms with van der Waals surface area (Å²) in [4.78, 5) is 0. The fourth-order valence-electron chi connectivity index (χ4n) is 2.27. The van der Waals surface area contributed by atoms with E-state index in [0.29, 0.717) is 0 Å². The zero-order chi connectivity index (χ0) is 14.4. The number of aromatic nitrogens is 1. The Kier molecular flexibility index (Phi) is 4.89. The SMILES string of the molecule is C=Cc1cccc(C(=C)c2cccc[n+]2CCCC)c1. The van der Waals surface area contributed by atoms with Crippen LogP contribution in [-0.4, -0.2) is 0 Å². The summed E-state index contributed by atoms with van der Waals surface area (Å²) in [5.41, 5.74) is 4.52. The van der Waals surface area contributed by atoms with Crippen molar-refractivity contribution in [1.29, 1.82) is 0 Å². The Balaban J connectivity index is 2.34. The van der Waals surface area contributed by atoms with Gasteiger partial charge in [-0.1, -0.05) is 50.8 Å². The van der Waals surface area contributed by atoms with E-state index in [1.54, 1.807) is 0 Å². The van der Waals surface area contributed by atoms with Crippen molar-refractivity contribution >= 4 is 11.6 Å². The zero-order valence-electron chi connectivity index (χ0n) is 12.2. The number of hydrogen-bond acceptors (Lipinski definition) is 0. The average Bonchev–Trinajstić information content (AvgIpc) is 2.52. The molecule has 0 fully saturated rings. The molecule has 0 saturated carbocycles. The van der Waals surface area contributed by atoms with Gasteiger partial charge >= 0.3 is 0 Å². The second-order valence-electron chi connectivity index (χ2n) is 4.94. The van der Waals surface area contributed by atoms with Crippen LogP contribution in [0.3, 0.4) is 0 Å². The summed E-state index contributed by atoms with van der Waals surface area (Å²) in [5, 5.41) is 0. The van der Waals surface area contributed by atoms with E-state index in [1.807, 2.05) is 6.08 Å². The molecule has 0 unspecified atom stereocenters. The number of benzene rings is 1. The fourth-order valence-corrected chi connectivity index (χ4v) is 2.27. The van der Waals surface area contributed by atoms with Gasteiger partial charge in [0.05, 0.1) is 0 Å². The fraction of sp³-hybridized carbons (Fsp3) is 0.211. The summed E-state index contributed by atoms with van der Waals surface area (Å²) in [5.74, 6) is 0. The van der Waals surface area contributed by atoms with Crippen molar-refractivity contribution in [3.63, 3.8) is 0 Å². The molecule has 1 aromatic heterocycles. The molecule has 1 nitrogen and oxygen atoms in total. The number of aryl methyl sites for hydroxylation is 1. The van der Waals surface area contributed by atoms with Gasteiger partial charge in [-0.05, 0) is 23.3 Å². The second kappa shape index (κ2) is 6.85. The van der Waals surface area contributed by atoms with Crippen LogP contribution in [0.1, 0.15) is 36.6 Å². The van der Waals surface area contributed by atoms with Crippen molar-refractivity contribution in [1.82, 2.24) is 0 Å². The van der Waals surface area contributed by atoms with E-state index < -0.39 is 0 Å². The lowest BCUT2D eigenvalue weighted by molar-refractivity contribution is -0.699. The molecule has 0 atom stereocenters. The van der Waals surface area contributed by atoms with Gasteiger partial charge in [0.2, 0.25) is 5.69 Å². The Morgan fingerprint density at radius 2 is 2.05 bits per heavy atom. The molecule has 0 aliphatic heterocycles. The van der Waals surface area contributed by atoms with Gasteiger partial charge in [-0.25, -0.2) is 0 Å². The molecular formula is C19H22N+. The molecule has 0 N–H and O–H groups in total. The van der Waals surface area contributed by atoms with E-state index >= 15 is 0 Å². The molecule has 0 bridgehead atoms. The minimum atomic E-state index is 1.03. The molecule has 0 radical (unpaired) electrons. The first-order chi connectivity index (χ1) is 9.76. The molecule has 0 spiro atoms. The first-order valence-corrected chi connectivity index (χ1v) is 7.17. The third-order valence-electron chi connectivity index (χ3n) is 3.47. The normalized spacial score (nSPS) is 10.2. The van der Waals surface area contributed by atoms with Crippen molar-refractivity contribution in [3.8, 4) is 0 Å². The van der Waals surface area contributed by atoms with Crippen molar-refractivity contribution in [2.45, 2.75) is 26.3 Å². The maximum Gasteiger partial charge on any atom is 0.212 e. The first-order valence-electron chi connectivity index (χ1n) is 7.17. The van der Waals surface area contributed by atoms with Crippen LogP contribution in [0.15, 0.2) is 61.8 Å². The molecule has 20 heavy (non-hydrogen) atoms. The minimum Gasteiger partial charge on any atom is -0.198 e. The number of unbranched alkanes of at least 4 members (excludes halogenated alkanes) is 1. The van der Waals surface area contributed by atoms with Crippen LogP contribution in [-0.2, 0) is 6.54 Å². The van der Waals surface area contributed by atoms with E-state index in [-0.39, 0.29) is 0 Å². The molecule has 0 amide bonds. The zero-order valence-corrected chi connectivity index (χ0v) is 12.2. The van der Waals surface area contributed by atoms with E-state index in [9.17, 15) is 0 Å². The van der Waals surface area contributed by atoms with Gasteiger partial charge < -0.3 is 0 Å². The highest BCUT2D eigenvalue weighted by molar-refractivity contribution is 5.75. The summed E-state index contributed by atoms with van der Waals surface area (Å²) in [7, 11) is 0. The average molecular weight is 264 g/mol. The number of hydrogen-bond donors (Lipinski definition) is 0. The van der Waals surface area contributed by atoms with Crippen LogP contribution in [0.4, 0.5) is 0 Å². The predicted octanol–water partition coefficient (Wildman–Crippen LogP) is 4.48. The molecule has 2 aromatic rings. The molecule has 102 valence electrons. The smallest absolute Gasteiger partial charge is 0.198 e. The number of nitrogens with zero attached hydrogens (tertiary/aromatic N) is 1. The Hall–Kier alpha value is -2.15. The molecule has 0 aliphatic rings. The Morgan fingerprint density at radius 1 is 1.20 bits per heavy atom. The third kappa shape index (κ3) is 3.24. The monoisotopic (exact) mass is 264 g/mol. The third-order valence-corrected chi connectivity index (χ3v) is 3.47. The number of rotatable bonds is 6.